The normalized spacial score (nSPS) is 11.1. The van der Waals surface area contributed by atoms with Gasteiger partial charge in [-0.1, -0.05) is 23.4 Å². The van der Waals surface area contributed by atoms with Crippen LogP contribution >= 0.6 is 23.4 Å². The first kappa shape index (κ1) is 21.0. The highest BCUT2D eigenvalue weighted by Crippen LogP contribution is 2.21. The highest BCUT2D eigenvalue weighted by atomic mass is 35.5. The molecule has 3 amide bonds. The predicted octanol–water partition coefficient (Wildman–Crippen LogP) is 3.06. The Hall–Kier alpha value is -2.26. The molecule has 0 aliphatic carbocycles. The van der Waals surface area contributed by atoms with Gasteiger partial charge in [-0.25, -0.2) is 9.78 Å². The Balaban J connectivity index is 1.77. The Morgan fingerprint density at radius 1 is 1.33 bits per heavy atom. The second-order valence-corrected chi connectivity index (χ2v) is 8.16. The number of imide groups is 1. The molecule has 0 atom stereocenters. The van der Waals surface area contributed by atoms with Crippen LogP contribution in [0.15, 0.2) is 23.4 Å². The number of hydrogen-bond acceptors (Lipinski definition) is 6. The molecule has 0 unspecified atom stereocenters. The van der Waals surface area contributed by atoms with Crippen molar-refractivity contribution in [3.05, 3.63) is 34.6 Å². The summed E-state index contributed by atoms with van der Waals surface area (Å²) in [6.45, 7) is 7.58. The van der Waals surface area contributed by atoms with Crippen molar-refractivity contribution in [3.63, 3.8) is 0 Å². The van der Waals surface area contributed by atoms with E-state index < -0.39 is 17.5 Å². The fourth-order valence-corrected chi connectivity index (χ4v) is 2.67. The molecule has 27 heavy (non-hydrogen) atoms. The van der Waals surface area contributed by atoms with Crippen LogP contribution in [0.5, 0.6) is 5.75 Å². The van der Waals surface area contributed by atoms with E-state index >= 15 is 0 Å². The van der Waals surface area contributed by atoms with Crippen molar-refractivity contribution in [1.82, 2.24) is 25.8 Å². The first-order valence-corrected chi connectivity index (χ1v) is 9.54. The predicted molar refractivity (Wildman–Crippen MR) is 104 cm³/mol. The maximum atomic E-state index is 11.8. The molecule has 0 fully saturated rings. The summed E-state index contributed by atoms with van der Waals surface area (Å²) < 4.78 is 5.63. The van der Waals surface area contributed by atoms with Crippen molar-refractivity contribution in [2.75, 3.05) is 5.75 Å². The first-order valence-electron chi connectivity index (χ1n) is 8.17. The molecule has 10 heteroatoms. The van der Waals surface area contributed by atoms with Crippen LogP contribution in [0.1, 0.15) is 32.2 Å². The van der Waals surface area contributed by atoms with E-state index in [1.807, 2.05) is 33.8 Å². The van der Waals surface area contributed by atoms with E-state index in [9.17, 15) is 9.59 Å². The molecule has 1 aromatic heterocycles. The highest BCUT2D eigenvalue weighted by Gasteiger charge is 2.16. The number of aryl methyl sites for hydroxylation is 1. The zero-order chi connectivity index (χ0) is 20.0. The largest absolute Gasteiger partial charge is 0.486 e. The van der Waals surface area contributed by atoms with Crippen LogP contribution in [-0.4, -0.2) is 38.4 Å². The number of rotatable bonds is 6. The second kappa shape index (κ2) is 9.09. The van der Waals surface area contributed by atoms with Gasteiger partial charge in [0.1, 0.15) is 12.4 Å². The maximum Gasteiger partial charge on any atom is 0.321 e. The summed E-state index contributed by atoms with van der Waals surface area (Å²) in [5, 5.41) is 12.7. The molecule has 0 saturated carbocycles. The average molecular weight is 412 g/mol. The number of H-pyrrole nitrogens is 1. The standard InChI is InChI=1S/C17H22ClN5O3S/c1-10-7-11(5-6-12(10)18)26-8-13-19-16(23-22-13)27-9-14(24)20-15(25)21-17(2,3)4/h5-7H,8-9H2,1-4H3,(H,19,22,23)(H2,20,21,24,25). The Labute approximate surface area is 166 Å². The van der Waals surface area contributed by atoms with Crippen LogP contribution in [-0.2, 0) is 11.4 Å². The number of thioether (sulfide) groups is 1. The minimum atomic E-state index is -0.532. The highest BCUT2D eigenvalue weighted by molar-refractivity contribution is 7.99. The molecule has 146 valence electrons. The lowest BCUT2D eigenvalue weighted by atomic mass is 10.1. The number of ether oxygens (including phenoxy) is 1. The summed E-state index contributed by atoms with van der Waals surface area (Å²) in [6, 6.07) is 4.84. The van der Waals surface area contributed by atoms with E-state index in [0.717, 1.165) is 17.3 Å². The van der Waals surface area contributed by atoms with Gasteiger partial charge in [-0.15, -0.1) is 5.10 Å². The minimum Gasteiger partial charge on any atom is -0.486 e. The number of nitrogens with zero attached hydrogens (tertiary/aromatic N) is 2. The van der Waals surface area contributed by atoms with E-state index in [-0.39, 0.29) is 12.4 Å². The SMILES string of the molecule is Cc1cc(OCc2nc(SCC(=O)NC(=O)NC(C)(C)C)n[nH]2)ccc1Cl. The Morgan fingerprint density at radius 2 is 2.07 bits per heavy atom. The first-order chi connectivity index (χ1) is 12.6. The van der Waals surface area contributed by atoms with Crippen LogP contribution in [0, 0.1) is 6.92 Å². The van der Waals surface area contributed by atoms with Crippen molar-refractivity contribution in [1.29, 1.82) is 0 Å². The number of aromatic amines is 1. The van der Waals surface area contributed by atoms with Gasteiger partial charge in [0.15, 0.2) is 5.82 Å². The summed E-state index contributed by atoms with van der Waals surface area (Å²) in [5.74, 6) is 0.787. The molecule has 0 aliphatic rings. The number of carbonyl (C=O) groups is 2. The molecule has 0 radical (unpaired) electrons. The Morgan fingerprint density at radius 3 is 2.74 bits per heavy atom. The number of amides is 3. The summed E-state index contributed by atoms with van der Waals surface area (Å²) in [7, 11) is 0. The lowest BCUT2D eigenvalue weighted by molar-refractivity contribution is -0.117. The van der Waals surface area contributed by atoms with Gasteiger partial charge in [0, 0.05) is 10.6 Å². The van der Waals surface area contributed by atoms with E-state index in [0.29, 0.717) is 21.8 Å². The number of urea groups is 1. The summed E-state index contributed by atoms with van der Waals surface area (Å²) in [6.07, 6.45) is 0. The van der Waals surface area contributed by atoms with Gasteiger partial charge in [-0.05, 0) is 51.5 Å². The smallest absolute Gasteiger partial charge is 0.321 e. The zero-order valence-corrected chi connectivity index (χ0v) is 17.1. The fraction of sp³-hybridized carbons (Fsp3) is 0.412. The van der Waals surface area contributed by atoms with Crippen LogP contribution in [0.25, 0.3) is 0 Å². The van der Waals surface area contributed by atoms with E-state index in [2.05, 4.69) is 25.8 Å². The number of halogens is 1. The molecule has 2 aromatic rings. The zero-order valence-electron chi connectivity index (χ0n) is 15.6. The average Bonchev–Trinajstić information content (AvgIpc) is 3.00. The molecule has 0 aliphatic heterocycles. The van der Waals surface area contributed by atoms with Gasteiger partial charge in [-0.3, -0.25) is 15.2 Å². The molecule has 0 bridgehead atoms. The number of carbonyl (C=O) groups excluding carboxylic acids is 2. The van der Waals surface area contributed by atoms with E-state index in [1.165, 1.54) is 0 Å². The number of nitrogens with one attached hydrogen (secondary N) is 3. The van der Waals surface area contributed by atoms with E-state index in [1.54, 1.807) is 12.1 Å². The second-order valence-electron chi connectivity index (χ2n) is 6.81. The van der Waals surface area contributed by atoms with E-state index in [4.69, 9.17) is 16.3 Å². The number of benzene rings is 1. The van der Waals surface area contributed by atoms with Crippen LogP contribution in [0.3, 0.4) is 0 Å². The van der Waals surface area contributed by atoms with Crippen molar-refractivity contribution in [3.8, 4) is 5.75 Å². The van der Waals surface area contributed by atoms with Gasteiger partial charge >= 0.3 is 6.03 Å². The van der Waals surface area contributed by atoms with Gasteiger partial charge in [0.25, 0.3) is 0 Å². The number of aromatic nitrogens is 3. The Bertz CT molecular complexity index is 819. The molecule has 1 aromatic carbocycles. The third kappa shape index (κ3) is 7.48. The molecule has 1 heterocycles. The van der Waals surface area contributed by atoms with Crippen molar-refractivity contribution >= 4 is 35.3 Å². The molecule has 8 nitrogen and oxygen atoms in total. The van der Waals surface area contributed by atoms with Crippen LogP contribution in [0.2, 0.25) is 5.02 Å². The summed E-state index contributed by atoms with van der Waals surface area (Å²) in [4.78, 5) is 27.7. The van der Waals surface area contributed by atoms with Gasteiger partial charge < -0.3 is 10.1 Å². The third-order valence-electron chi connectivity index (χ3n) is 3.09. The maximum absolute atomic E-state index is 11.8. The quantitative estimate of drug-likeness (QED) is 0.630. The molecule has 2 rings (SSSR count). The van der Waals surface area contributed by atoms with Crippen molar-refractivity contribution < 1.29 is 14.3 Å². The fourth-order valence-electron chi connectivity index (χ4n) is 1.93. The number of hydrogen-bond donors (Lipinski definition) is 3. The topological polar surface area (TPSA) is 109 Å². The molecule has 0 spiro atoms. The monoisotopic (exact) mass is 411 g/mol. The Kier molecular flexibility index (Phi) is 7.09. The summed E-state index contributed by atoms with van der Waals surface area (Å²) >= 11 is 7.10. The lowest BCUT2D eigenvalue weighted by Gasteiger charge is -2.20. The molecule has 0 saturated heterocycles. The van der Waals surface area contributed by atoms with Gasteiger partial charge in [-0.2, -0.15) is 0 Å². The van der Waals surface area contributed by atoms with Crippen molar-refractivity contribution in [2.24, 2.45) is 0 Å². The van der Waals surface area contributed by atoms with Gasteiger partial charge in [0.05, 0.1) is 5.75 Å². The van der Waals surface area contributed by atoms with Crippen LogP contribution < -0.4 is 15.4 Å². The van der Waals surface area contributed by atoms with Crippen LogP contribution in [0.4, 0.5) is 4.79 Å². The summed E-state index contributed by atoms with van der Waals surface area (Å²) in [5.41, 5.74) is 0.503. The molecular formula is C17H22ClN5O3S. The molecular weight excluding hydrogens is 390 g/mol. The van der Waals surface area contributed by atoms with Gasteiger partial charge in [0.2, 0.25) is 11.1 Å². The third-order valence-corrected chi connectivity index (χ3v) is 4.36. The lowest BCUT2D eigenvalue weighted by Crippen LogP contribution is -2.48. The van der Waals surface area contributed by atoms with Crippen molar-refractivity contribution in [2.45, 2.75) is 45.0 Å². The molecule has 3 N–H and O–H groups in total. The minimum absolute atomic E-state index is 0.0199.